The number of carbonyl (C=O) groups excluding carboxylic acids is 2. The van der Waals surface area contributed by atoms with Gasteiger partial charge >= 0.3 is 11.9 Å². The van der Waals surface area contributed by atoms with E-state index in [-0.39, 0.29) is 48.2 Å². The Bertz CT molecular complexity index is 993. The summed E-state index contributed by atoms with van der Waals surface area (Å²) in [5, 5.41) is 0. The maximum absolute atomic E-state index is 12.3. The van der Waals surface area contributed by atoms with Gasteiger partial charge in [0.15, 0.2) is 0 Å². The zero-order valence-corrected chi connectivity index (χ0v) is 23.4. The molecule has 0 spiro atoms. The van der Waals surface area contributed by atoms with E-state index in [1.165, 1.54) is 25.7 Å². The minimum atomic E-state index is -0.131. The van der Waals surface area contributed by atoms with Crippen molar-refractivity contribution in [3.8, 4) is 0 Å². The molecule has 12 unspecified atom stereocenters. The number of fused-ring (bicyclic) bond motifs is 9. The number of ether oxygens (including phenoxy) is 6. The van der Waals surface area contributed by atoms with Gasteiger partial charge in [0.1, 0.15) is 0 Å². The molecule has 0 aromatic carbocycles. The lowest BCUT2D eigenvalue weighted by molar-refractivity contribution is -0.150. The molecule has 6 bridgehead atoms. The molecule has 8 heteroatoms. The lowest BCUT2D eigenvalue weighted by atomic mass is 9.76. The molecule has 3 saturated carbocycles. The predicted molar refractivity (Wildman–Crippen MR) is 144 cm³/mol. The summed E-state index contributed by atoms with van der Waals surface area (Å²) < 4.78 is 34.4. The third-order valence-electron chi connectivity index (χ3n) is 10.8. The van der Waals surface area contributed by atoms with Gasteiger partial charge in [0, 0.05) is 39.3 Å². The summed E-state index contributed by atoms with van der Waals surface area (Å²) >= 11 is 0. The van der Waals surface area contributed by atoms with Crippen LogP contribution in [0.2, 0.25) is 0 Å². The molecule has 7 aliphatic rings. The smallest absolute Gasteiger partial charge is 0.312 e. The van der Waals surface area contributed by atoms with Crippen LogP contribution >= 0.6 is 0 Å². The molecule has 0 radical (unpaired) electrons. The van der Waals surface area contributed by atoms with Gasteiger partial charge in [-0.05, 0) is 74.0 Å². The molecule has 40 heavy (non-hydrogen) atoms. The minimum Gasteiger partial charge on any atom is -0.465 e. The molecule has 0 N–H and O–H groups in total. The number of rotatable bonds is 14. The lowest BCUT2D eigenvalue weighted by Crippen LogP contribution is -2.28. The van der Waals surface area contributed by atoms with E-state index < -0.39 is 0 Å². The van der Waals surface area contributed by atoms with Crippen molar-refractivity contribution in [1.29, 1.82) is 0 Å². The molecule has 220 valence electrons. The van der Waals surface area contributed by atoms with Gasteiger partial charge in [-0.25, -0.2) is 0 Å². The monoisotopic (exact) mass is 556 g/mol. The fourth-order valence-corrected chi connectivity index (χ4v) is 9.03. The van der Waals surface area contributed by atoms with Crippen molar-refractivity contribution in [2.24, 2.45) is 47.3 Å². The van der Waals surface area contributed by atoms with Crippen LogP contribution in [0.4, 0.5) is 0 Å². The molecule has 5 fully saturated rings. The summed E-state index contributed by atoms with van der Waals surface area (Å²) in [5.41, 5.74) is 0. The fraction of sp³-hybridized carbons (Fsp3) is 0.812. The average Bonchev–Trinajstić information content (AvgIpc) is 3.80. The van der Waals surface area contributed by atoms with Gasteiger partial charge in [-0.3, -0.25) is 9.59 Å². The van der Waals surface area contributed by atoms with E-state index in [9.17, 15) is 9.59 Å². The van der Waals surface area contributed by atoms with Crippen molar-refractivity contribution >= 4 is 11.9 Å². The van der Waals surface area contributed by atoms with E-state index in [2.05, 4.69) is 0 Å². The molecular weight excluding hydrogens is 512 g/mol. The summed E-state index contributed by atoms with van der Waals surface area (Å²) in [7, 11) is 0. The zero-order valence-electron chi connectivity index (χ0n) is 23.4. The van der Waals surface area contributed by atoms with E-state index in [4.69, 9.17) is 28.4 Å². The molecular formula is C32H44O8. The Morgan fingerprint density at radius 3 is 1.80 bits per heavy atom. The highest BCUT2D eigenvalue weighted by molar-refractivity contribution is 5.75. The van der Waals surface area contributed by atoms with Crippen molar-refractivity contribution in [3.63, 3.8) is 0 Å². The van der Waals surface area contributed by atoms with Gasteiger partial charge in [0.25, 0.3) is 0 Å². The summed E-state index contributed by atoms with van der Waals surface area (Å²) in [6.45, 7) is 3.83. The van der Waals surface area contributed by atoms with E-state index in [1.807, 2.05) is 24.3 Å². The molecule has 4 heterocycles. The van der Waals surface area contributed by atoms with E-state index >= 15 is 0 Å². The number of carbonyl (C=O) groups is 2. The zero-order chi connectivity index (χ0) is 27.1. The average molecular weight is 557 g/mol. The third-order valence-corrected chi connectivity index (χ3v) is 10.8. The van der Waals surface area contributed by atoms with Gasteiger partial charge in [0.05, 0.1) is 49.5 Å². The molecule has 0 amide bonds. The predicted octanol–water partition coefficient (Wildman–Crippen LogP) is 3.87. The second-order valence-corrected chi connectivity index (χ2v) is 13.2. The van der Waals surface area contributed by atoms with Crippen LogP contribution in [0.1, 0.15) is 51.4 Å². The number of esters is 2. The molecule has 0 aromatic heterocycles. The van der Waals surface area contributed by atoms with E-state index in [0.29, 0.717) is 38.3 Å². The summed E-state index contributed by atoms with van der Waals surface area (Å²) in [6.07, 6.45) is 16.4. The lowest BCUT2D eigenvalue weighted by Gasteiger charge is -2.31. The summed E-state index contributed by atoms with van der Waals surface area (Å²) in [4.78, 5) is 24.6. The van der Waals surface area contributed by atoms with Crippen LogP contribution in [-0.2, 0) is 38.0 Å². The van der Waals surface area contributed by atoms with Gasteiger partial charge < -0.3 is 28.4 Å². The van der Waals surface area contributed by atoms with Crippen LogP contribution in [-0.4, -0.2) is 76.0 Å². The van der Waals surface area contributed by atoms with E-state index in [1.54, 1.807) is 0 Å². The Hall–Kier alpha value is -1.74. The molecule has 0 aromatic rings. The van der Waals surface area contributed by atoms with Crippen molar-refractivity contribution in [2.75, 3.05) is 39.6 Å². The van der Waals surface area contributed by atoms with Crippen molar-refractivity contribution < 1.29 is 38.0 Å². The maximum Gasteiger partial charge on any atom is 0.312 e. The second-order valence-electron chi connectivity index (χ2n) is 13.2. The van der Waals surface area contributed by atoms with Crippen molar-refractivity contribution in [3.05, 3.63) is 24.3 Å². The van der Waals surface area contributed by atoms with E-state index in [0.717, 1.165) is 62.6 Å². The Kier molecular flexibility index (Phi) is 8.04. The standard InChI is InChI=1S/C32H44O8/c33-31(27-15-22-3-5-29(27)39-22)37-9-1-7-35-17-19-11-24-20-13-21(25(14-20)26(24)12-19)18-36-8-2-10-38-32(34)28-16-23-4-6-30(28)40-23/h3-6,19-30H,1-2,7-18H2. The normalized spacial score (nSPS) is 43.2. The topological polar surface area (TPSA) is 89.5 Å². The SMILES string of the molecule is O=C(OCCCOCC1CC2C3CC(COCCCOC(=O)C4CC5C=CC4O5)C(C3)C2C1)C1CC2C=CC1O2. The molecule has 3 aliphatic carbocycles. The highest BCUT2D eigenvalue weighted by atomic mass is 16.6. The van der Waals surface area contributed by atoms with Crippen molar-refractivity contribution in [2.45, 2.75) is 75.8 Å². The van der Waals surface area contributed by atoms with Gasteiger partial charge in [-0.15, -0.1) is 0 Å². The maximum atomic E-state index is 12.3. The van der Waals surface area contributed by atoms with Gasteiger partial charge in [-0.1, -0.05) is 24.3 Å². The second kappa shape index (κ2) is 11.9. The summed E-state index contributed by atoms with van der Waals surface area (Å²) in [5.74, 6) is 4.18. The van der Waals surface area contributed by atoms with Gasteiger partial charge in [-0.2, -0.15) is 0 Å². The molecule has 8 nitrogen and oxygen atoms in total. The van der Waals surface area contributed by atoms with Crippen LogP contribution in [0.25, 0.3) is 0 Å². The highest BCUT2D eigenvalue weighted by Crippen LogP contribution is 2.62. The summed E-state index contributed by atoms with van der Waals surface area (Å²) in [6, 6.07) is 0. The quantitative estimate of drug-likeness (QED) is 0.181. The third kappa shape index (κ3) is 5.53. The highest BCUT2D eigenvalue weighted by Gasteiger charge is 2.55. The number of hydrogen-bond acceptors (Lipinski definition) is 8. The number of hydrogen-bond donors (Lipinski definition) is 0. The first kappa shape index (κ1) is 27.1. The Morgan fingerprint density at radius 1 is 0.625 bits per heavy atom. The molecule has 2 saturated heterocycles. The van der Waals surface area contributed by atoms with Crippen molar-refractivity contribution in [1.82, 2.24) is 0 Å². The molecule has 12 atom stereocenters. The van der Waals surface area contributed by atoms with Crippen LogP contribution in [0.15, 0.2) is 24.3 Å². The Morgan fingerprint density at radius 2 is 1.23 bits per heavy atom. The van der Waals surface area contributed by atoms with Crippen LogP contribution in [0, 0.1) is 47.3 Å². The first-order chi connectivity index (χ1) is 19.6. The van der Waals surface area contributed by atoms with Crippen LogP contribution < -0.4 is 0 Å². The minimum absolute atomic E-state index is 0.0841. The first-order valence-corrected chi connectivity index (χ1v) is 15.8. The molecule has 7 rings (SSSR count). The Labute approximate surface area is 237 Å². The largest absolute Gasteiger partial charge is 0.465 e. The fourth-order valence-electron chi connectivity index (χ4n) is 9.03. The molecule has 4 aliphatic heterocycles. The first-order valence-electron chi connectivity index (χ1n) is 15.8. The van der Waals surface area contributed by atoms with Crippen LogP contribution in [0.5, 0.6) is 0 Å². The van der Waals surface area contributed by atoms with Gasteiger partial charge in [0.2, 0.25) is 0 Å². The Balaban J connectivity index is 0.730. The van der Waals surface area contributed by atoms with Crippen LogP contribution in [0.3, 0.4) is 0 Å².